The van der Waals surface area contributed by atoms with E-state index in [9.17, 15) is 4.79 Å². The maximum absolute atomic E-state index is 11.5. The fourth-order valence-corrected chi connectivity index (χ4v) is 1.81. The molecular weight excluding hydrogens is 256 g/mol. The number of amides is 1. The molecule has 104 valence electrons. The quantitative estimate of drug-likeness (QED) is 0.823. The van der Waals surface area contributed by atoms with Gasteiger partial charge in [-0.1, -0.05) is 18.2 Å². The number of hydrogen-bond donors (Lipinski definition) is 2. The second kappa shape index (κ2) is 5.83. The van der Waals surface area contributed by atoms with E-state index < -0.39 is 0 Å². The van der Waals surface area contributed by atoms with Crippen molar-refractivity contribution in [3.63, 3.8) is 0 Å². The SMILES string of the molecule is O=C(CNCc1nnc(-c2ccccc2)o1)NC1CC1. The molecule has 1 saturated carbocycles. The van der Waals surface area contributed by atoms with Gasteiger partial charge in [0.25, 0.3) is 0 Å². The summed E-state index contributed by atoms with van der Waals surface area (Å²) in [4.78, 5) is 11.5. The molecule has 0 saturated heterocycles. The predicted molar refractivity (Wildman–Crippen MR) is 72.6 cm³/mol. The average molecular weight is 272 g/mol. The van der Waals surface area contributed by atoms with E-state index in [2.05, 4.69) is 20.8 Å². The molecule has 0 spiro atoms. The van der Waals surface area contributed by atoms with Crippen molar-refractivity contribution in [2.24, 2.45) is 0 Å². The summed E-state index contributed by atoms with van der Waals surface area (Å²) in [5.74, 6) is 0.975. The molecule has 2 aromatic rings. The zero-order chi connectivity index (χ0) is 13.8. The van der Waals surface area contributed by atoms with E-state index >= 15 is 0 Å². The van der Waals surface area contributed by atoms with Crippen LogP contribution in [0.1, 0.15) is 18.7 Å². The number of carbonyl (C=O) groups is 1. The van der Waals surface area contributed by atoms with Crippen LogP contribution in [0.25, 0.3) is 11.5 Å². The van der Waals surface area contributed by atoms with Crippen molar-refractivity contribution in [3.8, 4) is 11.5 Å². The van der Waals surface area contributed by atoms with E-state index in [1.807, 2.05) is 30.3 Å². The highest BCUT2D eigenvalue weighted by Crippen LogP contribution is 2.18. The Morgan fingerprint density at radius 2 is 2.05 bits per heavy atom. The first-order valence-corrected chi connectivity index (χ1v) is 6.69. The van der Waals surface area contributed by atoms with Gasteiger partial charge in [0.1, 0.15) is 0 Å². The molecule has 0 radical (unpaired) electrons. The summed E-state index contributed by atoms with van der Waals surface area (Å²) >= 11 is 0. The molecule has 1 amide bonds. The van der Waals surface area contributed by atoms with Crippen LogP contribution < -0.4 is 10.6 Å². The van der Waals surface area contributed by atoms with Crippen molar-refractivity contribution >= 4 is 5.91 Å². The Kier molecular flexibility index (Phi) is 3.73. The Balaban J connectivity index is 1.48. The van der Waals surface area contributed by atoms with Gasteiger partial charge >= 0.3 is 0 Å². The molecule has 2 N–H and O–H groups in total. The molecule has 1 fully saturated rings. The van der Waals surface area contributed by atoms with Crippen LogP contribution >= 0.6 is 0 Å². The summed E-state index contributed by atoms with van der Waals surface area (Å²) in [5, 5.41) is 13.8. The lowest BCUT2D eigenvalue weighted by Crippen LogP contribution is -2.34. The monoisotopic (exact) mass is 272 g/mol. The van der Waals surface area contributed by atoms with E-state index in [-0.39, 0.29) is 12.5 Å². The van der Waals surface area contributed by atoms with Gasteiger partial charge in [0.2, 0.25) is 17.7 Å². The van der Waals surface area contributed by atoms with Crippen LogP contribution in [0, 0.1) is 0 Å². The van der Waals surface area contributed by atoms with Crippen LogP contribution in [-0.4, -0.2) is 28.7 Å². The van der Waals surface area contributed by atoms with Crippen LogP contribution in [0.15, 0.2) is 34.7 Å². The number of nitrogens with one attached hydrogen (secondary N) is 2. The molecular formula is C14H16N4O2. The van der Waals surface area contributed by atoms with Gasteiger partial charge in [-0.25, -0.2) is 0 Å². The molecule has 0 atom stereocenters. The van der Waals surface area contributed by atoms with Gasteiger partial charge in [-0.15, -0.1) is 10.2 Å². The normalized spacial score (nSPS) is 14.2. The van der Waals surface area contributed by atoms with Crippen molar-refractivity contribution in [1.82, 2.24) is 20.8 Å². The standard InChI is InChI=1S/C14H16N4O2/c19-12(16-11-6-7-11)8-15-9-13-17-18-14(20-13)10-4-2-1-3-5-10/h1-5,11,15H,6-9H2,(H,16,19). The lowest BCUT2D eigenvalue weighted by molar-refractivity contribution is -0.120. The van der Waals surface area contributed by atoms with Gasteiger partial charge in [-0.05, 0) is 25.0 Å². The topological polar surface area (TPSA) is 80.1 Å². The molecule has 0 unspecified atom stereocenters. The van der Waals surface area contributed by atoms with Crippen LogP contribution in [-0.2, 0) is 11.3 Å². The maximum atomic E-state index is 11.5. The Labute approximate surface area is 116 Å². The van der Waals surface area contributed by atoms with E-state index in [1.54, 1.807) is 0 Å². The Bertz CT molecular complexity index is 578. The second-order valence-electron chi connectivity index (χ2n) is 4.81. The fourth-order valence-electron chi connectivity index (χ4n) is 1.81. The van der Waals surface area contributed by atoms with Crippen LogP contribution in [0.3, 0.4) is 0 Å². The van der Waals surface area contributed by atoms with Gasteiger partial charge in [-0.2, -0.15) is 0 Å². The van der Waals surface area contributed by atoms with Crippen LogP contribution in [0.5, 0.6) is 0 Å². The molecule has 6 heteroatoms. The van der Waals surface area contributed by atoms with E-state index in [1.165, 1.54) is 0 Å². The second-order valence-corrected chi connectivity index (χ2v) is 4.81. The highest BCUT2D eigenvalue weighted by Gasteiger charge is 2.22. The van der Waals surface area contributed by atoms with Crippen molar-refractivity contribution in [3.05, 3.63) is 36.2 Å². The fraction of sp³-hybridized carbons (Fsp3) is 0.357. The minimum absolute atomic E-state index is 0.00954. The number of nitrogens with zero attached hydrogens (tertiary/aromatic N) is 2. The number of carbonyl (C=O) groups excluding carboxylic acids is 1. The molecule has 6 nitrogen and oxygen atoms in total. The first-order chi connectivity index (χ1) is 9.81. The number of aromatic nitrogens is 2. The van der Waals surface area contributed by atoms with Gasteiger partial charge < -0.3 is 9.73 Å². The lowest BCUT2D eigenvalue weighted by Gasteiger charge is -2.02. The summed E-state index contributed by atoms with van der Waals surface area (Å²) in [6.45, 7) is 0.650. The third-order valence-corrected chi connectivity index (χ3v) is 2.99. The molecule has 3 rings (SSSR count). The summed E-state index contributed by atoms with van der Waals surface area (Å²) < 4.78 is 5.53. The zero-order valence-corrected chi connectivity index (χ0v) is 11.0. The average Bonchev–Trinajstić information content (AvgIpc) is 3.15. The molecule has 1 aliphatic carbocycles. The summed E-state index contributed by atoms with van der Waals surface area (Å²) in [5.41, 5.74) is 0.887. The van der Waals surface area contributed by atoms with Gasteiger partial charge in [0.05, 0.1) is 13.1 Å². The zero-order valence-electron chi connectivity index (χ0n) is 11.0. The summed E-state index contributed by atoms with van der Waals surface area (Å²) in [6, 6.07) is 9.97. The van der Waals surface area contributed by atoms with Crippen LogP contribution in [0.2, 0.25) is 0 Å². The molecule has 1 heterocycles. The van der Waals surface area contributed by atoms with Crippen molar-refractivity contribution < 1.29 is 9.21 Å². The molecule has 0 bridgehead atoms. The maximum Gasteiger partial charge on any atom is 0.247 e. The first-order valence-electron chi connectivity index (χ1n) is 6.69. The molecule has 1 aromatic carbocycles. The molecule has 1 aromatic heterocycles. The van der Waals surface area contributed by atoms with E-state index in [0.29, 0.717) is 24.4 Å². The van der Waals surface area contributed by atoms with Crippen molar-refractivity contribution in [1.29, 1.82) is 0 Å². The number of benzene rings is 1. The highest BCUT2D eigenvalue weighted by molar-refractivity contribution is 5.78. The third-order valence-electron chi connectivity index (χ3n) is 2.99. The molecule has 0 aliphatic heterocycles. The Morgan fingerprint density at radius 3 is 2.80 bits per heavy atom. The van der Waals surface area contributed by atoms with Gasteiger partial charge in [0.15, 0.2) is 0 Å². The highest BCUT2D eigenvalue weighted by atomic mass is 16.4. The number of rotatable bonds is 6. The number of hydrogen-bond acceptors (Lipinski definition) is 5. The summed E-state index contributed by atoms with van der Waals surface area (Å²) in [7, 11) is 0. The van der Waals surface area contributed by atoms with Crippen molar-refractivity contribution in [2.45, 2.75) is 25.4 Å². The van der Waals surface area contributed by atoms with E-state index in [4.69, 9.17) is 4.42 Å². The lowest BCUT2D eigenvalue weighted by atomic mass is 10.2. The molecule has 1 aliphatic rings. The van der Waals surface area contributed by atoms with Gasteiger partial charge in [0, 0.05) is 11.6 Å². The van der Waals surface area contributed by atoms with E-state index in [0.717, 1.165) is 18.4 Å². The van der Waals surface area contributed by atoms with Crippen LogP contribution in [0.4, 0.5) is 0 Å². The Morgan fingerprint density at radius 1 is 1.25 bits per heavy atom. The largest absolute Gasteiger partial charge is 0.419 e. The minimum atomic E-state index is 0.00954. The van der Waals surface area contributed by atoms with Crippen molar-refractivity contribution in [2.75, 3.05) is 6.54 Å². The first kappa shape index (κ1) is 12.8. The molecule has 20 heavy (non-hydrogen) atoms. The third kappa shape index (κ3) is 3.42. The summed E-state index contributed by atoms with van der Waals surface area (Å²) in [6.07, 6.45) is 2.19. The predicted octanol–water partition coefficient (Wildman–Crippen LogP) is 1.10. The van der Waals surface area contributed by atoms with Gasteiger partial charge in [-0.3, -0.25) is 10.1 Å². The Hall–Kier alpha value is -2.21. The smallest absolute Gasteiger partial charge is 0.247 e. The minimum Gasteiger partial charge on any atom is -0.419 e.